The van der Waals surface area contributed by atoms with Crippen molar-refractivity contribution in [2.24, 2.45) is 11.8 Å². The van der Waals surface area contributed by atoms with Gasteiger partial charge in [-0.05, 0) is 37.5 Å². The molecule has 0 aromatic rings. The van der Waals surface area contributed by atoms with E-state index in [2.05, 4.69) is 41.5 Å². The van der Waals surface area contributed by atoms with E-state index in [1.807, 2.05) is 0 Å². The lowest BCUT2D eigenvalue weighted by Crippen LogP contribution is -2.30. The van der Waals surface area contributed by atoms with Crippen LogP contribution >= 0.6 is 15.6 Å². The number of ether oxygens (including phenoxy) is 4. The Morgan fingerprint density at radius 3 is 0.817 bits per heavy atom. The second kappa shape index (κ2) is 66.0. The number of esters is 4. The van der Waals surface area contributed by atoms with E-state index >= 15 is 0 Å². The zero-order valence-corrected chi connectivity index (χ0v) is 62.3. The maximum atomic E-state index is 13.1. The SMILES string of the molecule is CCCCCCCCCCCCCCCCCCC(=O)O[C@H](COC(=O)CCCCCCCCCCCCCCCCC)COP(=O)(O)OC[C@@H](O)COP(=O)(O)OC[C@@H](COC(=O)CCCCCCCCC(C)CC)OC(=O)CCCCCCCCCCCC(C)C. The fourth-order valence-corrected chi connectivity index (χ4v) is 12.8. The Morgan fingerprint density at radius 1 is 0.312 bits per heavy atom. The molecule has 3 N–H and O–H groups in total. The summed E-state index contributed by atoms with van der Waals surface area (Å²) in [4.78, 5) is 72.7. The average Bonchev–Trinajstić information content (AvgIpc) is 1.91. The number of hydrogen-bond acceptors (Lipinski definition) is 15. The predicted molar refractivity (Wildman–Crippen MR) is 377 cm³/mol. The van der Waals surface area contributed by atoms with Crippen molar-refractivity contribution in [3.8, 4) is 0 Å². The lowest BCUT2D eigenvalue weighted by molar-refractivity contribution is -0.161. The van der Waals surface area contributed by atoms with Crippen molar-refractivity contribution in [1.29, 1.82) is 0 Å². The Kier molecular flexibility index (Phi) is 64.6. The lowest BCUT2D eigenvalue weighted by Gasteiger charge is -2.21. The third-order valence-corrected chi connectivity index (χ3v) is 19.5. The van der Waals surface area contributed by atoms with Crippen LogP contribution in [0.25, 0.3) is 0 Å². The minimum absolute atomic E-state index is 0.105. The highest BCUT2D eigenvalue weighted by Crippen LogP contribution is 2.45. The fourth-order valence-electron chi connectivity index (χ4n) is 11.3. The Morgan fingerprint density at radius 2 is 0.548 bits per heavy atom. The van der Waals surface area contributed by atoms with Crippen LogP contribution in [0, 0.1) is 11.8 Å². The van der Waals surface area contributed by atoms with Crippen molar-refractivity contribution in [2.45, 2.75) is 400 Å². The summed E-state index contributed by atoms with van der Waals surface area (Å²) in [6.07, 6.45) is 52.7. The van der Waals surface area contributed by atoms with E-state index in [1.165, 1.54) is 193 Å². The van der Waals surface area contributed by atoms with Crippen LogP contribution in [-0.4, -0.2) is 96.7 Å². The molecule has 0 aliphatic heterocycles. The Balaban J connectivity index is 5.25. The van der Waals surface area contributed by atoms with Gasteiger partial charge in [-0.1, -0.05) is 330 Å². The average molecular weight is 1370 g/mol. The Bertz CT molecular complexity index is 1810. The largest absolute Gasteiger partial charge is 0.472 e. The normalized spacial score (nSPS) is 14.3. The number of phosphoric ester groups is 2. The molecule has 552 valence electrons. The Labute approximate surface area is 568 Å². The summed E-state index contributed by atoms with van der Waals surface area (Å²) < 4.78 is 68.5. The molecule has 19 heteroatoms. The van der Waals surface area contributed by atoms with Crippen molar-refractivity contribution in [3.63, 3.8) is 0 Å². The molecule has 0 spiro atoms. The number of carbonyl (C=O) groups excluding carboxylic acids is 4. The molecule has 0 aliphatic carbocycles. The van der Waals surface area contributed by atoms with Crippen molar-refractivity contribution in [1.82, 2.24) is 0 Å². The summed E-state index contributed by atoms with van der Waals surface area (Å²) in [5.41, 5.74) is 0. The maximum absolute atomic E-state index is 13.1. The highest BCUT2D eigenvalue weighted by atomic mass is 31.2. The van der Waals surface area contributed by atoms with Gasteiger partial charge in [-0.25, -0.2) is 9.13 Å². The molecule has 3 unspecified atom stereocenters. The summed E-state index contributed by atoms with van der Waals surface area (Å²) in [6, 6.07) is 0. The van der Waals surface area contributed by atoms with E-state index in [0.717, 1.165) is 108 Å². The molecular formula is C74H144O17P2. The van der Waals surface area contributed by atoms with Crippen LogP contribution in [0.5, 0.6) is 0 Å². The summed E-state index contributed by atoms with van der Waals surface area (Å²) in [5.74, 6) is -0.651. The molecule has 0 heterocycles. The van der Waals surface area contributed by atoms with Crippen molar-refractivity contribution >= 4 is 39.5 Å². The highest BCUT2D eigenvalue weighted by molar-refractivity contribution is 7.47. The molecule has 0 saturated carbocycles. The zero-order valence-electron chi connectivity index (χ0n) is 60.6. The molecule has 0 fully saturated rings. The van der Waals surface area contributed by atoms with Crippen molar-refractivity contribution < 1.29 is 80.2 Å². The first-order valence-corrected chi connectivity index (χ1v) is 41.5. The highest BCUT2D eigenvalue weighted by Gasteiger charge is 2.30. The van der Waals surface area contributed by atoms with E-state index in [0.29, 0.717) is 25.7 Å². The van der Waals surface area contributed by atoms with E-state index in [4.69, 9.17) is 37.0 Å². The van der Waals surface area contributed by atoms with Gasteiger partial charge >= 0.3 is 39.5 Å². The molecule has 0 aromatic carbocycles. The first-order valence-electron chi connectivity index (χ1n) is 38.5. The van der Waals surface area contributed by atoms with Gasteiger partial charge in [0.2, 0.25) is 0 Å². The number of phosphoric acid groups is 2. The number of hydrogen-bond donors (Lipinski definition) is 3. The van der Waals surface area contributed by atoms with Crippen LogP contribution in [0.3, 0.4) is 0 Å². The van der Waals surface area contributed by atoms with Gasteiger partial charge in [-0.2, -0.15) is 0 Å². The van der Waals surface area contributed by atoms with E-state index in [1.54, 1.807) is 0 Å². The summed E-state index contributed by atoms with van der Waals surface area (Å²) >= 11 is 0. The van der Waals surface area contributed by atoms with Gasteiger partial charge in [0.1, 0.15) is 19.3 Å². The third-order valence-electron chi connectivity index (χ3n) is 17.6. The molecule has 0 aromatic heterocycles. The molecule has 0 aliphatic rings. The molecule has 6 atom stereocenters. The standard InChI is InChI=1S/C74H144O17P2/c1-7-10-12-14-16-18-20-22-24-26-28-30-34-38-46-52-58-73(78)90-69(62-84-71(76)56-50-44-37-33-29-27-25-23-21-19-17-15-13-11-8-2)64-88-92(80,81)86-60-68(75)61-87-93(82,83)89-65-70(63-85-72(77)57-51-45-41-40-43-49-55-67(6)9-3)91-74(79)59-53-47-39-35-31-32-36-42-48-54-66(4)5/h66-70,75H,7-65H2,1-6H3,(H,80,81)(H,82,83)/t67?,68-,69-,70-/m1/s1. The van der Waals surface area contributed by atoms with Gasteiger partial charge in [0.25, 0.3) is 0 Å². The van der Waals surface area contributed by atoms with Gasteiger partial charge in [0, 0.05) is 25.7 Å². The lowest BCUT2D eigenvalue weighted by atomic mass is 10.00. The summed E-state index contributed by atoms with van der Waals surface area (Å²) in [6.45, 7) is 9.52. The topological polar surface area (TPSA) is 237 Å². The number of aliphatic hydroxyl groups is 1. The zero-order chi connectivity index (χ0) is 68.6. The second-order valence-corrected chi connectivity index (χ2v) is 30.3. The van der Waals surface area contributed by atoms with Crippen LogP contribution in [0.1, 0.15) is 382 Å². The van der Waals surface area contributed by atoms with E-state index in [-0.39, 0.29) is 25.7 Å². The predicted octanol–water partition coefficient (Wildman–Crippen LogP) is 21.6. The number of rotatable bonds is 73. The first-order chi connectivity index (χ1) is 44.9. The van der Waals surface area contributed by atoms with Crippen molar-refractivity contribution in [2.75, 3.05) is 39.6 Å². The molecule has 0 bridgehead atoms. The van der Waals surface area contributed by atoms with Crippen LogP contribution in [-0.2, 0) is 65.4 Å². The van der Waals surface area contributed by atoms with Gasteiger partial charge in [-0.15, -0.1) is 0 Å². The van der Waals surface area contributed by atoms with Gasteiger partial charge < -0.3 is 33.8 Å². The first kappa shape index (κ1) is 91.1. The second-order valence-electron chi connectivity index (χ2n) is 27.4. The monoisotopic (exact) mass is 1370 g/mol. The van der Waals surface area contributed by atoms with Gasteiger partial charge in [-0.3, -0.25) is 37.3 Å². The van der Waals surface area contributed by atoms with Crippen molar-refractivity contribution in [3.05, 3.63) is 0 Å². The van der Waals surface area contributed by atoms with Gasteiger partial charge in [0.15, 0.2) is 12.2 Å². The number of aliphatic hydroxyl groups excluding tert-OH is 1. The molecule has 0 amide bonds. The van der Waals surface area contributed by atoms with Crippen LogP contribution in [0.4, 0.5) is 0 Å². The molecule has 0 rings (SSSR count). The third kappa shape index (κ3) is 67.0. The Hall–Kier alpha value is -1.94. The molecule has 0 radical (unpaired) electrons. The minimum atomic E-state index is -4.96. The fraction of sp³-hybridized carbons (Fsp3) is 0.946. The number of unbranched alkanes of at least 4 members (excludes halogenated alkanes) is 42. The molecule has 0 saturated heterocycles. The van der Waals surface area contributed by atoms with E-state index in [9.17, 15) is 43.2 Å². The molecule has 93 heavy (non-hydrogen) atoms. The van der Waals surface area contributed by atoms with Crippen LogP contribution in [0.2, 0.25) is 0 Å². The minimum Gasteiger partial charge on any atom is -0.462 e. The van der Waals surface area contributed by atoms with E-state index < -0.39 is 97.5 Å². The smallest absolute Gasteiger partial charge is 0.462 e. The molecular weight excluding hydrogens is 1220 g/mol. The summed E-state index contributed by atoms with van der Waals surface area (Å²) in [7, 11) is -9.91. The number of carbonyl (C=O) groups is 4. The maximum Gasteiger partial charge on any atom is 0.472 e. The van der Waals surface area contributed by atoms with Crippen LogP contribution < -0.4 is 0 Å². The molecule has 17 nitrogen and oxygen atoms in total. The van der Waals surface area contributed by atoms with Crippen LogP contribution in [0.15, 0.2) is 0 Å². The summed E-state index contributed by atoms with van der Waals surface area (Å²) in [5, 5.41) is 10.6. The van der Waals surface area contributed by atoms with Gasteiger partial charge in [0.05, 0.1) is 26.4 Å². The quantitative estimate of drug-likeness (QED) is 0.0222.